The van der Waals surface area contributed by atoms with E-state index in [9.17, 15) is 4.79 Å². The van der Waals surface area contributed by atoms with E-state index in [2.05, 4.69) is 0 Å². The Kier molecular flexibility index (Phi) is 4.57. The minimum Gasteiger partial charge on any atom is -0.369 e. The highest BCUT2D eigenvalue weighted by atomic mass is 16.1. The van der Waals surface area contributed by atoms with Gasteiger partial charge in [0.2, 0.25) is 5.91 Å². The Morgan fingerprint density at radius 2 is 2.07 bits per heavy atom. The molecule has 0 radical (unpaired) electrons. The summed E-state index contributed by atoms with van der Waals surface area (Å²) < 4.78 is 0. The minimum atomic E-state index is -0.317. The van der Waals surface area contributed by atoms with Gasteiger partial charge in [0.05, 0.1) is 0 Å². The highest BCUT2D eigenvalue weighted by molar-refractivity contribution is 5.76. The van der Waals surface area contributed by atoms with Crippen LogP contribution in [-0.2, 0) is 11.2 Å². The Balaban J connectivity index is 2.74. The second kappa shape index (κ2) is 5.98. The number of carbonyl (C=O) groups is 1. The van der Waals surface area contributed by atoms with E-state index in [1.54, 1.807) is 6.08 Å². The lowest BCUT2D eigenvalue weighted by Crippen LogP contribution is -2.08. The molecule has 0 aliphatic carbocycles. The zero-order chi connectivity index (χ0) is 11.1. The molecule has 1 aromatic carbocycles. The van der Waals surface area contributed by atoms with Crippen molar-refractivity contribution in [3.8, 4) is 0 Å². The number of nitrogens with two attached hydrogens (primary N) is 2. The van der Waals surface area contributed by atoms with Gasteiger partial charge in [-0.25, -0.2) is 0 Å². The molecule has 0 spiro atoms. The van der Waals surface area contributed by atoms with E-state index in [4.69, 9.17) is 11.5 Å². The molecule has 0 unspecified atom stereocenters. The highest BCUT2D eigenvalue weighted by Gasteiger charge is 1.96. The zero-order valence-electron chi connectivity index (χ0n) is 8.65. The number of benzene rings is 1. The van der Waals surface area contributed by atoms with Crippen molar-refractivity contribution in [3.05, 3.63) is 41.5 Å². The maximum atomic E-state index is 10.6. The smallest absolute Gasteiger partial charge is 0.221 e. The predicted molar refractivity (Wildman–Crippen MR) is 62.0 cm³/mol. The average Bonchev–Trinajstić information content (AvgIpc) is 2.20. The highest BCUT2D eigenvalue weighted by Crippen LogP contribution is 2.11. The van der Waals surface area contributed by atoms with Crippen LogP contribution in [0.2, 0.25) is 0 Å². The molecule has 1 amide bonds. The van der Waals surface area contributed by atoms with Crippen LogP contribution < -0.4 is 11.5 Å². The van der Waals surface area contributed by atoms with Crippen LogP contribution in [0.1, 0.15) is 17.5 Å². The van der Waals surface area contributed by atoms with Crippen molar-refractivity contribution in [2.45, 2.75) is 12.8 Å². The van der Waals surface area contributed by atoms with Crippen LogP contribution in [-0.4, -0.2) is 12.5 Å². The number of amides is 1. The van der Waals surface area contributed by atoms with Gasteiger partial charge in [-0.05, 0) is 24.1 Å². The first-order valence-corrected chi connectivity index (χ1v) is 4.97. The van der Waals surface area contributed by atoms with Gasteiger partial charge in [0.25, 0.3) is 0 Å². The van der Waals surface area contributed by atoms with Gasteiger partial charge < -0.3 is 11.5 Å². The maximum Gasteiger partial charge on any atom is 0.221 e. The summed E-state index contributed by atoms with van der Waals surface area (Å²) in [6.07, 6.45) is 4.81. The van der Waals surface area contributed by atoms with E-state index in [0.717, 1.165) is 12.0 Å². The third-order valence-corrected chi connectivity index (χ3v) is 2.09. The molecule has 0 aliphatic heterocycles. The van der Waals surface area contributed by atoms with Gasteiger partial charge in [0, 0.05) is 6.42 Å². The van der Waals surface area contributed by atoms with Crippen molar-refractivity contribution < 1.29 is 4.79 Å². The fraction of sp³-hybridized carbons (Fsp3) is 0.250. The monoisotopic (exact) mass is 204 g/mol. The molecule has 1 aromatic rings. The quantitative estimate of drug-likeness (QED) is 0.753. The lowest BCUT2D eigenvalue weighted by atomic mass is 10.0. The van der Waals surface area contributed by atoms with Crippen molar-refractivity contribution in [1.82, 2.24) is 0 Å². The fourth-order valence-electron chi connectivity index (χ4n) is 1.38. The Hall–Kier alpha value is -1.61. The molecule has 3 heteroatoms. The van der Waals surface area contributed by atoms with Crippen molar-refractivity contribution in [2.24, 2.45) is 11.5 Å². The normalized spacial score (nSPS) is 10.7. The summed E-state index contributed by atoms with van der Waals surface area (Å²) in [6.45, 7) is 0.626. The topological polar surface area (TPSA) is 69.1 Å². The van der Waals surface area contributed by atoms with Crippen molar-refractivity contribution in [2.75, 3.05) is 6.54 Å². The van der Waals surface area contributed by atoms with E-state index in [1.807, 2.05) is 30.3 Å². The van der Waals surface area contributed by atoms with Crippen LogP contribution in [0.25, 0.3) is 6.08 Å². The number of rotatable bonds is 5. The summed E-state index contributed by atoms with van der Waals surface area (Å²) in [5.74, 6) is -0.317. The molecule has 0 atom stereocenters. The van der Waals surface area contributed by atoms with Crippen LogP contribution in [0.5, 0.6) is 0 Å². The lowest BCUT2D eigenvalue weighted by Gasteiger charge is -2.03. The summed E-state index contributed by atoms with van der Waals surface area (Å²) in [4.78, 5) is 10.6. The molecule has 0 fully saturated rings. The van der Waals surface area contributed by atoms with Crippen molar-refractivity contribution >= 4 is 12.0 Å². The SMILES string of the molecule is NCCc1ccccc1C=CCC(N)=O. The molecule has 80 valence electrons. The average molecular weight is 204 g/mol. The summed E-state index contributed by atoms with van der Waals surface area (Å²) in [7, 11) is 0. The molecular formula is C12H16N2O. The standard InChI is InChI=1S/C12H16N2O/c13-9-8-11-5-2-1-4-10(11)6-3-7-12(14)15/h1-6H,7-9,13H2,(H2,14,15). The lowest BCUT2D eigenvalue weighted by molar-refractivity contribution is -0.117. The van der Waals surface area contributed by atoms with Crippen LogP contribution in [0, 0.1) is 0 Å². The summed E-state index contributed by atoms with van der Waals surface area (Å²) in [5.41, 5.74) is 12.8. The van der Waals surface area contributed by atoms with Gasteiger partial charge in [0.1, 0.15) is 0 Å². The Morgan fingerprint density at radius 1 is 1.33 bits per heavy atom. The summed E-state index contributed by atoms with van der Waals surface area (Å²) in [6, 6.07) is 7.99. The number of carbonyl (C=O) groups excluding carboxylic acids is 1. The van der Waals surface area contributed by atoms with Gasteiger partial charge in [-0.3, -0.25) is 4.79 Å². The first kappa shape index (κ1) is 11.5. The molecule has 0 heterocycles. The van der Waals surface area contributed by atoms with E-state index in [-0.39, 0.29) is 12.3 Å². The molecular weight excluding hydrogens is 188 g/mol. The second-order valence-corrected chi connectivity index (χ2v) is 3.31. The minimum absolute atomic E-state index is 0.275. The van der Waals surface area contributed by atoms with Crippen LogP contribution >= 0.6 is 0 Å². The van der Waals surface area contributed by atoms with Crippen LogP contribution in [0.3, 0.4) is 0 Å². The molecule has 0 aromatic heterocycles. The van der Waals surface area contributed by atoms with Crippen LogP contribution in [0.15, 0.2) is 30.3 Å². The summed E-state index contributed by atoms with van der Waals surface area (Å²) in [5, 5.41) is 0. The molecule has 0 aliphatic rings. The molecule has 0 saturated carbocycles. The maximum absolute atomic E-state index is 10.6. The van der Waals surface area contributed by atoms with Crippen molar-refractivity contribution in [3.63, 3.8) is 0 Å². The second-order valence-electron chi connectivity index (χ2n) is 3.31. The van der Waals surface area contributed by atoms with Crippen LogP contribution in [0.4, 0.5) is 0 Å². The first-order valence-electron chi connectivity index (χ1n) is 4.97. The number of primary amides is 1. The zero-order valence-corrected chi connectivity index (χ0v) is 8.65. The van der Waals surface area contributed by atoms with Crippen molar-refractivity contribution in [1.29, 1.82) is 0 Å². The molecule has 4 N–H and O–H groups in total. The third kappa shape index (κ3) is 3.95. The molecule has 0 saturated heterocycles. The van der Waals surface area contributed by atoms with E-state index in [0.29, 0.717) is 6.54 Å². The van der Waals surface area contributed by atoms with E-state index in [1.165, 1.54) is 5.56 Å². The molecule has 0 bridgehead atoms. The largest absolute Gasteiger partial charge is 0.369 e. The Labute approximate surface area is 89.8 Å². The van der Waals surface area contributed by atoms with E-state index < -0.39 is 0 Å². The summed E-state index contributed by atoms with van der Waals surface area (Å²) >= 11 is 0. The van der Waals surface area contributed by atoms with E-state index >= 15 is 0 Å². The molecule has 1 rings (SSSR count). The first-order chi connectivity index (χ1) is 7.24. The van der Waals surface area contributed by atoms with Gasteiger partial charge in [0.15, 0.2) is 0 Å². The Bertz CT molecular complexity index is 358. The third-order valence-electron chi connectivity index (χ3n) is 2.09. The van der Waals surface area contributed by atoms with Gasteiger partial charge >= 0.3 is 0 Å². The molecule has 3 nitrogen and oxygen atoms in total. The Morgan fingerprint density at radius 3 is 2.73 bits per heavy atom. The number of hydrogen-bond donors (Lipinski definition) is 2. The number of hydrogen-bond acceptors (Lipinski definition) is 2. The van der Waals surface area contributed by atoms with Gasteiger partial charge in [-0.15, -0.1) is 0 Å². The predicted octanol–water partition coefficient (Wildman–Crippen LogP) is 1.08. The fourth-order valence-corrected chi connectivity index (χ4v) is 1.38. The van der Waals surface area contributed by atoms with Gasteiger partial charge in [-0.1, -0.05) is 36.4 Å². The van der Waals surface area contributed by atoms with Gasteiger partial charge in [-0.2, -0.15) is 0 Å². The molecule has 15 heavy (non-hydrogen) atoms.